The molecule has 1 aromatic rings. The van der Waals surface area contributed by atoms with Gasteiger partial charge >= 0.3 is 0 Å². The molecule has 0 bridgehead atoms. The van der Waals surface area contributed by atoms with Crippen molar-refractivity contribution < 1.29 is 4.74 Å². The van der Waals surface area contributed by atoms with Gasteiger partial charge in [0.2, 0.25) is 0 Å². The molecule has 0 radical (unpaired) electrons. The van der Waals surface area contributed by atoms with Crippen LogP contribution in [0.5, 0.6) is 0 Å². The number of benzene rings is 1. The minimum absolute atomic E-state index is 0.204. The van der Waals surface area contributed by atoms with Crippen molar-refractivity contribution in [1.82, 2.24) is 10.2 Å². The molecular weight excluding hydrogens is 298 g/mol. The summed E-state index contributed by atoms with van der Waals surface area (Å²) in [6.45, 7) is 11.5. The molecule has 2 aliphatic heterocycles. The second kappa shape index (κ2) is 6.75. The molecule has 132 valence electrons. The third-order valence-corrected chi connectivity index (χ3v) is 5.41. The number of guanidine groups is 1. The van der Waals surface area contributed by atoms with Crippen molar-refractivity contribution in [3.8, 4) is 0 Å². The summed E-state index contributed by atoms with van der Waals surface area (Å²) in [4.78, 5) is 6.87. The van der Waals surface area contributed by atoms with Gasteiger partial charge in [-0.25, -0.2) is 0 Å². The van der Waals surface area contributed by atoms with Crippen LogP contribution in [0, 0.1) is 5.41 Å². The molecule has 1 atom stereocenters. The van der Waals surface area contributed by atoms with Gasteiger partial charge in [0.15, 0.2) is 5.96 Å². The summed E-state index contributed by atoms with van der Waals surface area (Å²) in [7, 11) is 1.88. The van der Waals surface area contributed by atoms with Gasteiger partial charge in [0, 0.05) is 38.7 Å². The lowest BCUT2D eigenvalue weighted by Crippen LogP contribution is -2.41. The van der Waals surface area contributed by atoms with E-state index in [0.717, 1.165) is 38.8 Å². The highest BCUT2D eigenvalue weighted by molar-refractivity contribution is 5.80. The number of hydrogen-bond donors (Lipinski definition) is 1. The first-order valence-corrected chi connectivity index (χ1v) is 9.05. The van der Waals surface area contributed by atoms with Crippen molar-refractivity contribution in [2.45, 2.75) is 45.6 Å². The third kappa shape index (κ3) is 3.75. The van der Waals surface area contributed by atoms with E-state index >= 15 is 0 Å². The highest BCUT2D eigenvalue weighted by Gasteiger charge is 2.42. The minimum Gasteiger partial charge on any atom is -0.381 e. The highest BCUT2D eigenvalue weighted by Crippen LogP contribution is 2.38. The van der Waals surface area contributed by atoms with E-state index in [2.05, 4.69) is 60.2 Å². The van der Waals surface area contributed by atoms with Crippen molar-refractivity contribution in [3.05, 3.63) is 35.4 Å². The lowest BCUT2D eigenvalue weighted by atomic mass is 9.87. The Hall–Kier alpha value is -1.55. The average molecular weight is 329 g/mol. The number of hydrogen-bond acceptors (Lipinski definition) is 2. The summed E-state index contributed by atoms with van der Waals surface area (Å²) in [6.07, 6.45) is 2.41. The lowest BCUT2D eigenvalue weighted by molar-refractivity contribution is 0.156. The molecule has 0 aromatic heterocycles. The van der Waals surface area contributed by atoms with Gasteiger partial charge in [-0.15, -0.1) is 0 Å². The molecule has 0 amide bonds. The lowest BCUT2D eigenvalue weighted by Gasteiger charge is -2.25. The van der Waals surface area contributed by atoms with E-state index in [1.54, 1.807) is 0 Å². The minimum atomic E-state index is 0.204. The van der Waals surface area contributed by atoms with Gasteiger partial charge in [0.25, 0.3) is 0 Å². The van der Waals surface area contributed by atoms with Gasteiger partial charge in [-0.1, -0.05) is 45.0 Å². The van der Waals surface area contributed by atoms with E-state index in [1.807, 2.05) is 7.05 Å². The Morgan fingerprint density at radius 1 is 1.25 bits per heavy atom. The molecule has 1 N–H and O–H groups in total. The fraction of sp³-hybridized carbons (Fsp3) is 0.650. The average Bonchev–Trinajstić information content (AvgIpc) is 3.18. The quantitative estimate of drug-likeness (QED) is 0.669. The summed E-state index contributed by atoms with van der Waals surface area (Å²) >= 11 is 0. The second-order valence-corrected chi connectivity index (χ2v) is 8.32. The van der Waals surface area contributed by atoms with Gasteiger partial charge < -0.3 is 15.0 Å². The third-order valence-electron chi connectivity index (χ3n) is 5.41. The number of ether oxygens (including phenoxy) is 1. The number of aliphatic imine (C=N–C) groups is 1. The fourth-order valence-electron chi connectivity index (χ4n) is 3.72. The van der Waals surface area contributed by atoms with E-state index in [9.17, 15) is 0 Å². The fourth-order valence-corrected chi connectivity index (χ4v) is 3.72. The summed E-state index contributed by atoms with van der Waals surface area (Å²) in [5.74, 6) is 1.01. The Labute approximate surface area is 146 Å². The zero-order valence-corrected chi connectivity index (χ0v) is 15.6. The first kappa shape index (κ1) is 17.3. The maximum atomic E-state index is 5.62. The van der Waals surface area contributed by atoms with Crippen LogP contribution in [-0.2, 0) is 16.7 Å². The highest BCUT2D eigenvalue weighted by atomic mass is 16.5. The summed E-state index contributed by atoms with van der Waals surface area (Å²) in [6, 6.07) is 8.91. The van der Waals surface area contributed by atoms with Gasteiger partial charge in [-0.3, -0.25) is 4.99 Å². The normalized spacial score (nSPS) is 24.8. The molecule has 1 aromatic carbocycles. The topological polar surface area (TPSA) is 36.9 Å². The van der Waals surface area contributed by atoms with Crippen LogP contribution < -0.4 is 5.32 Å². The maximum Gasteiger partial charge on any atom is 0.193 e. The van der Waals surface area contributed by atoms with Crippen LogP contribution in [0.4, 0.5) is 0 Å². The van der Waals surface area contributed by atoms with Crippen LogP contribution in [-0.4, -0.2) is 44.2 Å². The Bertz CT molecular complexity index is 580. The number of nitrogens with zero attached hydrogens (tertiary/aromatic N) is 2. The van der Waals surface area contributed by atoms with Crippen LogP contribution in [0.15, 0.2) is 29.3 Å². The first-order valence-electron chi connectivity index (χ1n) is 9.05. The summed E-state index contributed by atoms with van der Waals surface area (Å²) < 4.78 is 5.62. The predicted octanol–water partition coefficient (Wildman–Crippen LogP) is 3.17. The smallest absolute Gasteiger partial charge is 0.193 e. The molecule has 2 aliphatic rings. The zero-order valence-electron chi connectivity index (χ0n) is 15.6. The van der Waals surface area contributed by atoms with Crippen molar-refractivity contribution in [2.24, 2.45) is 10.4 Å². The Kier molecular flexibility index (Phi) is 4.86. The van der Waals surface area contributed by atoms with Crippen molar-refractivity contribution in [1.29, 1.82) is 0 Å². The monoisotopic (exact) mass is 329 g/mol. The number of nitrogens with one attached hydrogen (secondary N) is 1. The van der Waals surface area contributed by atoms with E-state index in [1.165, 1.54) is 24.0 Å². The molecule has 4 heteroatoms. The Balaban J connectivity index is 1.57. The van der Waals surface area contributed by atoms with Gasteiger partial charge in [0.1, 0.15) is 0 Å². The van der Waals surface area contributed by atoms with E-state index in [0.29, 0.717) is 5.41 Å². The van der Waals surface area contributed by atoms with Crippen LogP contribution >= 0.6 is 0 Å². The van der Waals surface area contributed by atoms with E-state index < -0.39 is 0 Å². The Morgan fingerprint density at radius 2 is 2.00 bits per heavy atom. The van der Waals surface area contributed by atoms with E-state index in [4.69, 9.17) is 4.74 Å². The van der Waals surface area contributed by atoms with Crippen LogP contribution in [0.1, 0.15) is 44.7 Å². The molecule has 1 unspecified atom stereocenters. The number of likely N-dealkylation sites (tertiary alicyclic amines) is 1. The van der Waals surface area contributed by atoms with Gasteiger partial charge in [-0.2, -0.15) is 0 Å². The molecule has 2 heterocycles. The zero-order chi connectivity index (χ0) is 17.2. The van der Waals surface area contributed by atoms with Gasteiger partial charge in [0.05, 0.1) is 6.61 Å². The predicted molar refractivity (Wildman–Crippen MR) is 99.4 cm³/mol. The van der Waals surface area contributed by atoms with Gasteiger partial charge in [-0.05, 0) is 29.4 Å². The Morgan fingerprint density at radius 3 is 2.58 bits per heavy atom. The summed E-state index contributed by atoms with van der Waals surface area (Å²) in [5.41, 5.74) is 3.24. The largest absolute Gasteiger partial charge is 0.381 e. The molecular formula is C20H31N3O. The number of rotatable bonds is 2. The van der Waals surface area contributed by atoms with Crippen molar-refractivity contribution in [3.63, 3.8) is 0 Å². The molecule has 4 nitrogen and oxygen atoms in total. The molecule has 3 rings (SSSR count). The van der Waals surface area contributed by atoms with Crippen molar-refractivity contribution >= 4 is 5.96 Å². The van der Waals surface area contributed by atoms with E-state index in [-0.39, 0.29) is 5.41 Å². The molecule has 2 fully saturated rings. The van der Waals surface area contributed by atoms with Crippen LogP contribution in [0.2, 0.25) is 0 Å². The molecule has 1 spiro atoms. The van der Waals surface area contributed by atoms with Crippen molar-refractivity contribution in [2.75, 3.05) is 33.4 Å². The molecule has 24 heavy (non-hydrogen) atoms. The SMILES string of the molecule is CN=C(NCc1ccc(C(C)(C)C)cc1)N1CCC2(CCOC2)C1. The maximum absolute atomic E-state index is 5.62. The van der Waals surface area contributed by atoms with Crippen LogP contribution in [0.25, 0.3) is 0 Å². The standard InChI is InChI=1S/C20H31N3O/c1-19(2,3)17-7-5-16(6-8-17)13-22-18(21-4)23-11-9-20(14-23)10-12-24-15-20/h5-8H,9-15H2,1-4H3,(H,21,22). The van der Waals surface area contributed by atoms with Crippen LogP contribution in [0.3, 0.4) is 0 Å². The second-order valence-electron chi connectivity index (χ2n) is 8.32. The first-order chi connectivity index (χ1) is 11.4. The molecule has 0 aliphatic carbocycles. The molecule has 0 saturated carbocycles. The summed E-state index contributed by atoms with van der Waals surface area (Å²) in [5, 5.41) is 3.53. The molecule has 2 saturated heterocycles.